The fraction of sp³-hybridized carbons (Fsp3) is 0.381. The van der Waals surface area contributed by atoms with E-state index in [1.165, 1.54) is 19.1 Å². The Morgan fingerprint density at radius 1 is 1.07 bits per heavy atom. The van der Waals surface area contributed by atoms with Gasteiger partial charge >= 0.3 is 0 Å². The SMILES string of the molecule is C=CCC1=CC2C(=O)C(OC)(OC)C1C1C(=O)N(c3ccccc3)C(=O)C21. The monoisotopic (exact) mass is 367 g/mol. The van der Waals surface area contributed by atoms with E-state index in [0.29, 0.717) is 12.1 Å². The van der Waals surface area contributed by atoms with Gasteiger partial charge in [0.05, 0.1) is 29.4 Å². The molecule has 27 heavy (non-hydrogen) atoms. The fourth-order valence-corrected chi connectivity index (χ4v) is 4.95. The van der Waals surface area contributed by atoms with Gasteiger partial charge < -0.3 is 9.47 Å². The third kappa shape index (κ3) is 2.17. The number of hydrogen-bond donors (Lipinski definition) is 0. The first-order valence-corrected chi connectivity index (χ1v) is 8.90. The summed E-state index contributed by atoms with van der Waals surface area (Å²) in [4.78, 5) is 40.9. The normalized spacial score (nSPS) is 31.1. The van der Waals surface area contributed by atoms with Gasteiger partial charge in [-0.1, -0.05) is 35.9 Å². The summed E-state index contributed by atoms with van der Waals surface area (Å²) in [5.41, 5.74) is 1.37. The summed E-state index contributed by atoms with van der Waals surface area (Å²) in [7, 11) is 2.80. The molecule has 4 atom stereocenters. The van der Waals surface area contributed by atoms with E-state index in [2.05, 4.69) is 6.58 Å². The van der Waals surface area contributed by atoms with Gasteiger partial charge in [0.25, 0.3) is 0 Å². The molecule has 4 aliphatic rings. The number of rotatable bonds is 5. The number of ketones is 1. The second-order valence-corrected chi connectivity index (χ2v) is 7.08. The van der Waals surface area contributed by atoms with E-state index >= 15 is 0 Å². The first-order valence-electron chi connectivity index (χ1n) is 8.90. The Bertz CT molecular complexity index is 855. The van der Waals surface area contributed by atoms with Crippen molar-refractivity contribution in [2.45, 2.75) is 12.2 Å². The van der Waals surface area contributed by atoms with Crippen molar-refractivity contribution in [3.05, 3.63) is 54.6 Å². The Morgan fingerprint density at radius 3 is 2.30 bits per heavy atom. The molecule has 4 unspecified atom stereocenters. The number of carbonyl (C=O) groups excluding carboxylic acids is 3. The second-order valence-electron chi connectivity index (χ2n) is 7.08. The number of amides is 2. The van der Waals surface area contributed by atoms with E-state index in [9.17, 15) is 14.4 Å². The van der Waals surface area contributed by atoms with E-state index < -0.39 is 29.5 Å². The Balaban J connectivity index is 1.87. The van der Waals surface area contributed by atoms with Gasteiger partial charge in [-0.15, -0.1) is 6.58 Å². The van der Waals surface area contributed by atoms with Gasteiger partial charge in [0.15, 0.2) is 5.78 Å². The summed E-state index contributed by atoms with van der Waals surface area (Å²) >= 11 is 0. The minimum Gasteiger partial charge on any atom is -0.346 e. The highest BCUT2D eigenvalue weighted by Gasteiger charge is 2.70. The summed E-state index contributed by atoms with van der Waals surface area (Å²) in [6.45, 7) is 3.77. The van der Waals surface area contributed by atoms with Crippen molar-refractivity contribution >= 4 is 23.3 Å². The van der Waals surface area contributed by atoms with Crippen molar-refractivity contribution in [3.63, 3.8) is 0 Å². The molecular formula is C21H21NO5. The zero-order chi connectivity index (χ0) is 19.3. The standard InChI is InChI=1S/C21H21NO5/c1-4-8-12-11-14-15-16(17(12)21(26-2,27-3)18(14)23)20(25)22(19(15)24)13-9-6-5-7-10-13/h4-7,9-11,14-17H,1,8H2,2-3H3. The van der Waals surface area contributed by atoms with Crippen LogP contribution < -0.4 is 4.90 Å². The third-order valence-electron chi connectivity index (χ3n) is 5.99. The van der Waals surface area contributed by atoms with Gasteiger partial charge in [-0.25, -0.2) is 0 Å². The molecule has 1 saturated heterocycles. The molecule has 0 radical (unpaired) electrons. The summed E-state index contributed by atoms with van der Waals surface area (Å²) in [5, 5.41) is 0. The number of Topliss-reactive ketones (excluding diaryl/α,β-unsaturated/α-hetero) is 1. The lowest BCUT2D eigenvalue weighted by molar-refractivity contribution is -0.248. The second kappa shape index (κ2) is 6.25. The molecule has 6 nitrogen and oxygen atoms in total. The van der Waals surface area contributed by atoms with Crippen molar-refractivity contribution < 1.29 is 23.9 Å². The molecule has 1 saturated carbocycles. The van der Waals surface area contributed by atoms with Crippen LogP contribution in [0.1, 0.15) is 6.42 Å². The fourth-order valence-electron chi connectivity index (χ4n) is 4.95. The van der Waals surface area contributed by atoms with E-state index in [0.717, 1.165) is 5.57 Å². The molecule has 0 N–H and O–H groups in total. The van der Waals surface area contributed by atoms with E-state index in [1.54, 1.807) is 30.3 Å². The molecule has 3 aliphatic carbocycles. The number of para-hydroxylation sites is 1. The third-order valence-corrected chi connectivity index (χ3v) is 5.99. The summed E-state index contributed by atoms with van der Waals surface area (Å²) in [5.74, 6) is -5.33. The highest BCUT2D eigenvalue weighted by atomic mass is 16.7. The quantitative estimate of drug-likeness (QED) is 0.453. The molecular weight excluding hydrogens is 346 g/mol. The molecule has 2 bridgehead atoms. The number of fused-ring (bicyclic) bond motifs is 1. The predicted molar refractivity (Wildman–Crippen MR) is 97.5 cm³/mol. The first kappa shape index (κ1) is 17.8. The van der Waals surface area contributed by atoms with Gasteiger partial charge in [-0.05, 0) is 18.6 Å². The van der Waals surface area contributed by atoms with Gasteiger partial charge in [0.2, 0.25) is 17.6 Å². The van der Waals surface area contributed by atoms with E-state index in [-0.39, 0.29) is 17.6 Å². The van der Waals surface area contributed by atoms with Gasteiger partial charge in [-0.3, -0.25) is 19.3 Å². The van der Waals surface area contributed by atoms with Crippen LogP contribution in [0.4, 0.5) is 5.69 Å². The Morgan fingerprint density at radius 2 is 1.70 bits per heavy atom. The Kier molecular flexibility index (Phi) is 4.13. The number of nitrogens with zero attached hydrogens (tertiary/aromatic N) is 1. The smallest absolute Gasteiger partial charge is 0.238 e. The van der Waals surface area contributed by atoms with Crippen molar-refractivity contribution in [1.29, 1.82) is 0 Å². The van der Waals surface area contributed by atoms with Crippen LogP contribution >= 0.6 is 0 Å². The maximum absolute atomic E-state index is 13.3. The molecule has 2 fully saturated rings. The average Bonchev–Trinajstić information content (AvgIpc) is 2.95. The molecule has 0 aromatic heterocycles. The number of carbonyl (C=O) groups is 3. The van der Waals surface area contributed by atoms with Crippen LogP contribution in [0, 0.1) is 23.7 Å². The van der Waals surface area contributed by atoms with Crippen LogP contribution in [-0.2, 0) is 23.9 Å². The number of anilines is 1. The van der Waals surface area contributed by atoms with Crippen LogP contribution in [0.2, 0.25) is 0 Å². The molecule has 1 aromatic rings. The lowest BCUT2D eigenvalue weighted by atomic mass is 9.56. The largest absolute Gasteiger partial charge is 0.346 e. The van der Waals surface area contributed by atoms with Gasteiger partial charge in [0, 0.05) is 14.2 Å². The van der Waals surface area contributed by atoms with Crippen LogP contribution in [0.5, 0.6) is 0 Å². The van der Waals surface area contributed by atoms with Crippen LogP contribution in [0.3, 0.4) is 0 Å². The first-order chi connectivity index (χ1) is 13.0. The molecule has 140 valence electrons. The maximum atomic E-state index is 13.3. The molecule has 1 aromatic carbocycles. The predicted octanol–water partition coefficient (Wildman–Crippen LogP) is 2.11. The van der Waals surface area contributed by atoms with E-state index in [1.807, 2.05) is 12.1 Å². The van der Waals surface area contributed by atoms with Gasteiger partial charge in [0.1, 0.15) is 0 Å². The van der Waals surface area contributed by atoms with Crippen LogP contribution in [0.25, 0.3) is 0 Å². The molecule has 1 heterocycles. The molecule has 1 aliphatic heterocycles. The van der Waals surface area contributed by atoms with Crippen molar-refractivity contribution in [2.75, 3.05) is 19.1 Å². The summed E-state index contributed by atoms with van der Waals surface area (Å²) < 4.78 is 11.1. The molecule has 0 spiro atoms. The zero-order valence-electron chi connectivity index (χ0n) is 15.3. The van der Waals surface area contributed by atoms with Crippen molar-refractivity contribution in [1.82, 2.24) is 0 Å². The zero-order valence-corrected chi connectivity index (χ0v) is 15.3. The maximum Gasteiger partial charge on any atom is 0.238 e. The molecule has 2 amide bonds. The number of allylic oxidation sites excluding steroid dienone is 2. The summed E-state index contributed by atoms with van der Waals surface area (Å²) in [6, 6.07) is 8.80. The lowest BCUT2D eigenvalue weighted by Gasteiger charge is -2.51. The molecule has 5 rings (SSSR count). The van der Waals surface area contributed by atoms with Crippen molar-refractivity contribution in [2.24, 2.45) is 23.7 Å². The topological polar surface area (TPSA) is 72.9 Å². The highest BCUT2D eigenvalue weighted by molar-refractivity contribution is 6.24. The minimum absolute atomic E-state index is 0.303. The molecule has 6 heteroatoms. The number of ether oxygens (including phenoxy) is 2. The van der Waals surface area contributed by atoms with Crippen LogP contribution in [-0.4, -0.2) is 37.6 Å². The average molecular weight is 367 g/mol. The lowest BCUT2D eigenvalue weighted by Crippen LogP contribution is -2.64. The number of hydrogen-bond acceptors (Lipinski definition) is 5. The Labute approximate surface area is 157 Å². The van der Waals surface area contributed by atoms with Crippen molar-refractivity contribution in [3.8, 4) is 0 Å². The Hall–Kier alpha value is -2.57. The minimum atomic E-state index is -1.55. The van der Waals surface area contributed by atoms with Gasteiger partial charge in [-0.2, -0.15) is 0 Å². The highest BCUT2D eigenvalue weighted by Crippen LogP contribution is 2.57. The summed E-state index contributed by atoms with van der Waals surface area (Å²) in [6.07, 6.45) is 4.03. The van der Waals surface area contributed by atoms with E-state index in [4.69, 9.17) is 9.47 Å². The number of imide groups is 1. The van der Waals surface area contributed by atoms with Crippen LogP contribution in [0.15, 0.2) is 54.6 Å². The number of methoxy groups -OCH3 is 2. The number of benzene rings is 1.